The van der Waals surface area contributed by atoms with Gasteiger partial charge in [0, 0.05) is 42.2 Å². The van der Waals surface area contributed by atoms with Gasteiger partial charge in [-0.15, -0.1) is 0 Å². The molecule has 1 N–H and O–H groups in total. The highest BCUT2D eigenvalue weighted by molar-refractivity contribution is 5.98. The Kier molecular flexibility index (Phi) is 6.48. The fourth-order valence-corrected chi connectivity index (χ4v) is 4.01. The Bertz CT molecular complexity index is 1450. The van der Waals surface area contributed by atoms with Crippen molar-refractivity contribution in [3.05, 3.63) is 97.1 Å². The van der Waals surface area contributed by atoms with E-state index in [9.17, 15) is 4.79 Å². The smallest absolute Gasteiger partial charge is 0.251 e. The van der Waals surface area contributed by atoms with E-state index in [1.165, 1.54) is 0 Å². The Morgan fingerprint density at radius 3 is 2.54 bits per heavy atom. The van der Waals surface area contributed by atoms with Crippen LogP contribution < -0.4 is 10.1 Å². The number of imidazole rings is 1. The molecule has 1 amide bonds. The average molecular weight is 464 g/mol. The number of hydrogen-bond acceptors (Lipinski definition) is 5. The molecule has 5 rings (SSSR count). The predicted molar refractivity (Wildman–Crippen MR) is 136 cm³/mol. The minimum Gasteiger partial charge on any atom is -0.496 e. The molecular weight excluding hydrogens is 438 g/mol. The summed E-state index contributed by atoms with van der Waals surface area (Å²) in [5, 5.41) is 2.99. The molecule has 3 aromatic carbocycles. The van der Waals surface area contributed by atoms with Gasteiger partial charge in [-0.1, -0.05) is 42.5 Å². The van der Waals surface area contributed by atoms with Crippen molar-refractivity contribution in [3.8, 4) is 28.3 Å². The molecule has 2 heterocycles. The Balaban J connectivity index is 1.47. The zero-order valence-corrected chi connectivity index (χ0v) is 19.4. The lowest BCUT2D eigenvalue weighted by atomic mass is 10.0. The van der Waals surface area contributed by atoms with Crippen LogP contribution in [-0.2, 0) is 6.54 Å². The third-order valence-corrected chi connectivity index (χ3v) is 5.77. The van der Waals surface area contributed by atoms with E-state index < -0.39 is 0 Å². The summed E-state index contributed by atoms with van der Waals surface area (Å²) < 4.78 is 7.59. The molecule has 0 bridgehead atoms. The minimum absolute atomic E-state index is 0.130. The van der Waals surface area contributed by atoms with Crippen LogP contribution in [0.5, 0.6) is 5.75 Å². The highest BCUT2D eigenvalue weighted by atomic mass is 16.5. The first-order chi connectivity index (χ1) is 17.2. The van der Waals surface area contributed by atoms with Crippen molar-refractivity contribution < 1.29 is 9.53 Å². The van der Waals surface area contributed by atoms with Crippen LogP contribution in [0.15, 0.2) is 91.5 Å². The van der Waals surface area contributed by atoms with Gasteiger partial charge < -0.3 is 14.6 Å². The van der Waals surface area contributed by atoms with Crippen molar-refractivity contribution in [1.29, 1.82) is 0 Å². The summed E-state index contributed by atoms with van der Waals surface area (Å²) in [6, 6.07) is 23.1. The maximum Gasteiger partial charge on any atom is 0.251 e. The number of aryl methyl sites for hydroxylation is 1. The van der Waals surface area contributed by atoms with Crippen LogP contribution >= 0.6 is 0 Å². The monoisotopic (exact) mass is 463 g/mol. The van der Waals surface area contributed by atoms with E-state index in [2.05, 4.69) is 10.3 Å². The van der Waals surface area contributed by atoms with Gasteiger partial charge in [0.05, 0.1) is 30.2 Å². The molecule has 0 saturated carbocycles. The molecule has 0 unspecified atom stereocenters. The lowest BCUT2D eigenvalue weighted by Gasteiger charge is -2.14. The number of methoxy groups -OCH3 is 1. The number of nitrogens with one attached hydrogen (secondary N) is 1. The Morgan fingerprint density at radius 1 is 0.943 bits per heavy atom. The zero-order valence-electron chi connectivity index (χ0n) is 19.4. The number of fused-ring (bicyclic) bond motifs is 1. The fourth-order valence-electron chi connectivity index (χ4n) is 4.01. The van der Waals surface area contributed by atoms with E-state index in [1.807, 2.05) is 71.4 Å². The summed E-state index contributed by atoms with van der Waals surface area (Å²) in [5.74, 6) is 0.597. The highest BCUT2D eigenvalue weighted by Gasteiger charge is 2.17. The van der Waals surface area contributed by atoms with Gasteiger partial charge >= 0.3 is 0 Å². The van der Waals surface area contributed by atoms with Crippen molar-refractivity contribution in [2.24, 2.45) is 0 Å². The first kappa shape index (κ1) is 22.3. The van der Waals surface area contributed by atoms with Crippen LogP contribution in [0, 0.1) is 0 Å². The normalized spacial score (nSPS) is 10.9. The fraction of sp³-hybridized carbons (Fsp3) is 0.143. The van der Waals surface area contributed by atoms with Crippen molar-refractivity contribution >= 4 is 16.9 Å². The number of rotatable bonds is 8. The van der Waals surface area contributed by atoms with Gasteiger partial charge in [0.15, 0.2) is 0 Å². The third-order valence-electron chi connectivity index (χ3n) is 5.77. The SMILES string of the molecule is COc1ccccc1-c1nc2ccc(C(=O)NCCCn3ccnc3)cc2nc1-c1ccccc1. The van der Waals surface area contributed by atoms with E-state index in [4.69, 9.17) is 14.7 Å². The van der Waals surface area contributed by atoms with Gasteiger partial charge in [-0.25, -0.2) is 15.0 Å². The average Bonchev–Trinajstić information content (AvgIpc) is 3.44. The summed E-state index contributed by atoms with van der Waals surface area (Å²) >= 11 is 0. The molecule has 5 aromatic rings. The van der Waals surface area contributed by atoms with Crippen molar-refractivity contribution in [2.75, 3.05) is 13.7 Å². The third kappa shape index (κ3) is 4.89. The van der Waals surface area contributed by atoms with Crippen LogP contribution in [0.3, 0.4) is 0 Å². The van der Waals surface area contributed by atoms with Crippen molar-refractivity contribution in [1.82, 2.24) is 24.8 Å². The quantitative estimate of drug-likeness (QED) is 0.328. The zero-order chi connectivity index (χ0) is 24.0. The lowest BCUT2D eigenvalue weighted by molar-refractivity contribution is 0.0953. The maximum absolute atomic E-state index is 12.8. The predicted octanol–water partition coefficient (Wildman–Crippen LogP) is 4.99. The standard InChI is InChI=1S/C28H25N5O2/c1-35-25-11-6-5-10-22(25)27-26(20-8-3-2-4-9-20)32-24-18-21(12-13-23(24)31-27)28(34)30-14-7-16-33-17-15-29-19-33/h2-6,8-13,15,17-19H,7,14,16H2,1H3,(H,30,34). The van der Waals surface area contributed by atoms with Gasteiger partial charge in [-0.2, -0.15) is 0 Å². The first-order valence-corrected chi connectivity index (χ1v) is 11.5. The highest BCUT2D eigenvalue weighted by Crippen LogP contribution is 2.36. The van der Waals surface area contributed by atoms with Gasteiger partial charge in [0.2, 0.25) is 0 Å². The van der Waals surface area contributed by atoms with E-state index >= 15 is 0 Å². The number of nitrogens with zero attached hydrogens (tertiary/aromatic N) is 4. The lowest BCUT2D eigenvalue weighted by Crippen LogP contribution is -2.25. The van der Waals surface area contributed by atoms with E-state index in [-0.39, 0.29) is 5.91 Å². The topological polar surface area (TPSA) is 81.9 Å². The van der Waals surface area contributed by atoms with Crippen LogP contribution in [0.1, 0.15) is 16.8 Å². The van der Waals surface area contributed by atoms with Crippen LogP contribution in [0.2, 0.25) is 0 Å². The second-order valence-electron chi connectivity index (χ2n) is 8.10. The van der Waals surface area contributed by atoms with Crippen LogP contribution in [0.25, 0.3) is 33.5 Å². The first-order valence-electron chi connectivity index (χ1n) is 11.5. The molecule has 0 radical (unpaired) electrons. The number of carbonyl (C=O) groups excluding carboxylic acids is 1. The second-order valence-corrected chi connectivity index (χ2v) is 8.10. The molecule has 0 aliphatic rings. The number of para-hydroxylation sites is 1. The van der Waals surface area contributed by atoms with Gasteiger partial charge in [0.25, 0.3) is 5.91 Å². The summed E-state index contributed by atoms with van der Waals surface area (Å²) in [6.45, 7) is 1.37. The number of amides is 1. The minimum atomic E-state index is -0.130. The maximum atomic E-state index is 12.8. The molecule has 0 saturated heterocycles. The summed E-state index contributed by atoms with van der Waals surface area (Å²) in [7, 11) is 1.65. The van der Waals surface area contributed by atoms with Gasteiger partial charge in [-0.3, -0.25) is 4.79 Å². The molecular formula is C28H25N5O2. The molecule has 0 fully saturated rings. The number of benzene rings is 3. The Hall–Kier alpha value is -4.52. The van der Waals surface area contributed by atoms with Gasteiger partial charge in [0.1, 0.15) is 11.4 Å². The Morgan fingerprint density at radius 2 is 1.74 bits per heavy atom. The summed E-state index contributed by atoms with van der Waals surface area (Å²) in [5.41, 5.74) is 5.20. The van der Waals surface area contributed by atoms with Gasteiger partial charge in [-0.05, 0) is 36.8 Å². The van der Waals surface area contributed by atoms with Crippen molar-refractivity contribution in [2.45, 2.75) is 13.0 Å². The molecule has 2 aromatic heterocycles. The molecule has 7 heteroatoms. The largest absolute Gasteiger partial charge is 0.496 e. The van der Waals surface area contributed by atoms with E-state index in [0.29, 0.717) is 23.1 Å². The van der Waals surface area contributed by atoms with E-state index in [0.717, 1.165) is 41.2 Å². The van der Waals surface area contributed by atoms with Crippen molar-refractivity contribution in [3.63, 3.8) is 0 Å². The van der Waals surface area contributed by atoms with E-state index in [1.54, 1.807) is 31.8 Å². The number of carbonyl (C=O) groups is 1. The molecule has 0 aliphatic carbocycles. The van der Waals surface area contributed by atoms with Crippen LogP contribution in [0.4, 0.5) is 0 Å². The number of aromatic nitrogens is 4. The summed E-state index contributed by atoms with van der Waals surface area (Å²) in [4.78, 5) is 26.7. The molecule has 0 spiro atoms. The molecule has 35 heavy (non-hydrogen) atoms. The molecule has 174 valence electrons. The molecule has 0 atom stereocenters. The number of ether oxygens (including phenoxy) is 1. The van der Waals surface area contributed by atoms with Crippen LogP contribution in [-0.4, -0.2) is 39.1 Å². The Labute approximate surface area is 203 Å². The molecule has 7 nitrogen and oxygen atoms in total. The molecule has 0 aliphatic heterocycles. The number of hydrogen-bond donors (Lipinski definition) is 1. The summed E-state index contributed by atoms with van der Waals surface area (Å²) in [6.07, 6.45) is 6.24. The second kappa shape index (κ2) is 10.2.